The van der Waals surface area contributed by atoms with Crippen molar-refractivity contribution in [3.8, 4) is 0 Å². The fourth-order valence-electron chi connectivity index (χ4n) is 3.44. The molecule has 0 N–H and O–H groups in total. The highest BCUT2D eigenvalue weighted by atomic mass is 16.5. The van der Waals surface area contributed by atoms with Crippen molar-refractivity contribution in [3.63, 3.8) is 0 Å². The predicted molar refractivity (Wildman–Crippen MR) is 96.5 cm³/mol. The maximum atomic E-state index is 12.6. The lowest BCUT2D eigenvalue weighted by Crippen LogP contribution is -2.54. The van der Waals surface area contributed by atoms with Crippen LogP contribution in [0.5, 0.6) is 0 Å². The van der Waals surface area contributed by atoms with E-state index in [9.17, 15) is 9.59 Å². The van der Waals surface area contributed by atoms with Crippen LogP contribution in [0.4, 0.5) is 5.69 Å². The number of carbonyl (C=O) groups excluding carboxylic acids is 2. The second-order valence-electron chi connectivity index (χ2n) is 6.56. The summed E-state index contributed by atoms with van der Waals surface area (Å²) in [6, 6.07) is 9.99. The molecule has 2 fully saturated rings. The van der Waals surface area contributed by atoms with Crippen LogP contribution in [-0.4, -0.2) is 73.6 Å². The molecule has 2 saturated heterocycles. The Balaban J connectivity index is 1.50. The summed E-state index contributed by atoms with van der Waals surface area (Å²) in [6.45, 7) is 6.30. The minimum Gasteiger partial charge on any atom is -0.368 e. The fraction of sp³-hybridized carbons (Fsp3) is 0.579. The van der Waals surface area contributed by atoms with E-state index in [4.69, 9.17) is 4.74 Å². The summed E-state index contributed by atoms with van der Waals surface area (Å²) in [5, 5.41) is 0. The largest absolute Gasteiger partial charge is 0.368 e. The Hall–Kier alpha value is -2.08. The lowest BCUT2D eigenvalue weighted by Gasteiger charge is -2.36. The van der Waals surface area contributed by atoms with Gasteiger partial charge in [0.25, 0.3) is 5.91 Å². The quantitative estimate of drug-likeness (QED) is 0.809. The number of benzene rings is 1. The van der Waals surface area contributed by atoms with E-state index in [1.165, 1.54) is 0 Å². The zero-order chi connectivity index (χ0) is 17.6. The number of rotatable bonds is 5. The lowest BCUT2D eigenvalue weighted by atomic mass is 10.2. The average molecular weight is 345 g/mol. The van der Waals surface area contributed by atoms with Crippen molar-refractivity contribution < 1.29 is 14.3 Å². The van der Waals surface area contributed by atoms with Crippen LogP contribution in [0.1, 0.15) is 19.8 Å². The lowest BCUT2D eigenvalue weighted by molar-refractivity contribution is -0.145. The number of ether oxygens (including phenoxy) is 1. The Morgan fingerprint density at radius 2 is 1.80 bits per heavy atom. The van der Waals surface area contributed by atoms with E-state index in [0.29, 0.717) is 39.3 Å². The number of likely N-dealkylation sites (N-methyl/N-ethyl adjacent to an activating group) is 1. The summed E-state index contributed by atoms with van der Waals surface area (Å²) in [7, 11) is 0. The normalized spacial score (nSPS) is 20.6. The molecule has 2 aliphatic heterocycles. The summed E-state index contributed by atoms with van der Waals surface area (Å²) in [4.78, 5) is 30.8. The van der Waals surface area contributed by atoms with Crippen molar-refractivity contribution in [2.24, 2.45) is 0 Å². The first-order valence-electron chi connectivity index (χ1n) is 9.17. The third kappa shape index (κ3) is 4.31. The molecule has 1 atom stereocenters. The highest BCUT2D eigenvalue weighted by Crippen LogP contribution is 2.17. The van der Waals surface area contributed by atoms with Crippen LogP contribution in [0, 0.1) is 0 Å². The topological polar surface area (TPSA) is 53.1 Å². The maximum Gasteiger partial charge on any atom is 0.251 e. The van der Waals surface area contributed by atoms with Crippen molar-refractivity contribution in [1.82, 2.24) is 9.80 Å². The molecule has 136 valence electrons. The molecule has 0 radical (unpaired) electrons. The van der Waals surface area contributed by atoms with Gasteiger partial charge in [0.15, 0.2) is 0 Å². The van der Waals surface area contributed by atoms with Crippen molar-refractivity contribution in [2.75, 3.05) is 50.8 Å². The number of hydrogen-bond acceptors (Lipinski definition) is 4. The number of amides is 2. The summed E-state index contributed by atoms with van der Waals surface area (Å²) < 4.78 is 5.48. The first-order chi connectivity index (χ1) is 12.2. The number of para-hydroxylation sites is 1. The molecule has 2 amide bonds. The monoisotopic (exact) mass is 345 g/mol. The van der Waals surface area contributed by atoms with E-state index in [1.807, 2.05) is 40.1 Å². The molecule has 6 nitrogen and oxygen atoms in total. The molecule has 6 heteroatoms. The van der Waals surface area contributed by atoms with Gasteiger partial charge < -0.3 is 19.4 Å². The Kier molecular flexibility index (Phi) is 5.91. The highest BCUT2D eigenvalue weighted by molar-refractivity contribution is 5.83. The van der Waals surface area contributed by atoms with Gasteiger partial charge in [-0.2, -0.15) is 0 Å². The van der Waals surface area contributed by atoms with Crippen LogP contribution >= 0.6 is 0 Å². The van der Waals surface area contributed by atoms with Crippen LogP contribution in [0.3, 0.4) is 0 Å². The number of piperazine rings is 1. The molecular weight excluding hydrogens is 318 g/mol. The number of anilines is 1. The van der Waals surface area contributed by atoms with Crippen molar-refractivity contribution in [3.05, 3.63) is 30.3 Å². The second-order valence-corrected chi connectivity index (χ2v) is 6.56. The molecule has 25 heavy (non-hydrogen) atoms. The zero-order valence-electron chi connectivity index (χ0n) is 14.9. The van der Waals surface area contributed by atoms with E-state index in [1.54, 1.807) is 0 Å². The van der Waals surface area contributed by atoms with Crippen molar-refractivity contribution in [2.45, 2.75) is 25.9 Å². The van der Waals surface area contributed by atoms with Gasteiger partial charge in [0.05, 0.1) is 6.54 Å². The molecule has 0 spiro atoms. The van der Waals surface area contributed by atoms with Gasteiger partial charge in [-0.05, 0) is 31.9 Å². The molecular formula is C19H27N3O3. The van der Waals surface area contributed by atoms with Gasteiger partial charge in [0.2, 0.25) is 5.91 Å². The summed E-state index contributed by atoms with van der Waals surface area (Å²) in [5.74, 6) is 0.207. The third-order valence-electron chi connectivity index (χ3n) is 4.98. The molecule has 2 heterocycles. The molecule has 0 bridgehead atoms. The first kappa shape index (κ1) is 17.7. The minimum atomic E-state index is -0.268. The summed E-state index contributed by atoms with van der Waals surface area (Å²) >= 11 is 0. The van der Waals surface area contributed by atoms with E-state index in [2.05, 4.69) is 11.8 Å². The molecule has 1 aromatic carbocycles. The first-order valence-corrected chi connectivity index (χ1v) is 9.17. The standard InChI is InChI=1S/C19H27N3O3/c1-2-20(16-7-4-3-5-8-16)15-18(23)21-10-12-22(13-11-21)19(24)17-9-6-14-25-17/h3-5,7-8,17H,2,6,9-15H2,1H3. The molecule has 1 unspecified atom stereocenters. The van der Waals surface area contributed by atoms with Gasteiger partial charge in [-0.1, -0.05) is 18.2 Å². The number of hydrogen-bond donors (Lipinski definition) is 0. The highest BCUT2D eigenvalue weighted by Gasteiger charge is 2.31. The molecule has 0 aliphatic carbocycles. The van der Waals surface area contributed by atoms with Gasteiger partial charge >= 0.3 is 0 Å². The van der Waals surface area contributed by atoms with Crippen LogP contribution in [0.2, 0.25) is 0 Å². The molecule has 1 aromatic rings. The van der Waals surface area contributed by atoms with Gasteiger partial charge in [-0.3, -0.25) is 9.59 Å². The summed E-state index contributed by atoms with van der Waals surface area (Å²) in [5.41, 5.74) is 1.06. The third-order valence-corrected chi connectivity index (χ3v) is 4.98. The van der Waals surface area contributed by atoms with E-state index < -0.39 is 0 Å². The van der Waals surface area contributed by atoms with E-state index in [-0.39, 0.29) is 17.9 Å². The summed E-state index contributed by atoms with van der Waals surface area (Å²) in [6.07, 6.45) is 1.51. The molecule has 0 saturated carbocycles. The fourth-order valence-corrected chi connectivity index (χ4v) is 3.44. The molecule has 2 aliphatic rings. The van der Waals surface area contributed by atoms with Gasteiger partial charge in [0.1, 0.15) is 6.10 Å². The Bertz CT molecular complexity index is 579. The van der Waals surface area contributed by atoms with Crippen LogP contribution < -0.4 is 4.90 Å². The van der Waals surface area contributed by atoms with Gasteiger partial charge in [0, 0.05) is 45.0 Å². The minimum absolute atomic E-state index is 0.0871. The second kappa shape index (κ2) is 8.34. The maximum absolute atomic E-state index is 12.6. The van der Waals surface area contributed by atoms with Crippen molar-refractivity contribution >= 4 is 17.5 Å². The predicted octanol–water partition coefficient (Wildman–Crippen LogP) is 1.36. The Labute approximate surface area is 149 Å². The zero-order valence-corrected chi connectivity index (χ0v) is 14.9. The van der Waals surface area contributed by atoms with Crippen molar-refractivity contribution in [1.29, 1.82) is 0 Å². The smallest absolute Gasteiger partial charge is 0.251 e. The van der Waals surface area contributed by atoms with Gasteiger partial charge in [-0.15, -0.1) is 0 Å². The van der Waals surface area contributed by atoms with Crippen LogP contribution in [-0.2, 0) is 14.3 Å². The molecule has 0 aromatic heterocycles. The van der Waals surface area contributed by atoms with Crippen LogP contribution in [0.25, 0.3) is 0 Å². The van der Waals surface area contributed by atoms with E-state index >= 15 is 0 Å². The van der Waals surface area contributed by atoms with E-state index in [0.717, 1.165) is 25.1 Å². The molecule has 3 rings (SSSR count). The van der Waals surface area contributed by atoms with Crippen LogP contribution in [0.15, 0.2) is 30.3 Å². The Morgan fingerprint density at radius 1 is 1.12 bits per heavy atom. The Morgan fingerprint density at radius 3 is 2.40 bits per heavy atom. The SMILES string of the molecule is CCN(CC(=O)N1CCN(C(=O)C2CCCO2)CC1)c1ccccc1. The van der Waals surface area contributed by atoms with Gasteiger partial charge in [-0.25, -0.2) is 0 Å². The average Bonchev–Trinajstić information content (AvgIpc) is 3.21. The number of nitrogens with zero attached hydrogens (tertiary/aromatic N) is 3. The number of carbonyl (C=O) groups is 2.